The third-order valence-electron chi connectivity index (χ3n) is 4.78. The van der Waals surface area contributed by atoms with Gasteiger partial charge in [0.25, 0.3) is 0 Å². The fourth-order valence-electron chi connectivity index (χ4n) is 3.36. The van der Waals surface area contributed by atoms with Gasteiger partial charge in [-0.2, -0.15) is 0 Å². The largest absolute Gasteiger partial charge is 0.375 e. The van der Waals surface area contributed by atoms with E-state index in [2.05, 4.69) is 33.5 Å². The van der Waals surface area contributed by atoms with Crippen molar-refractivity contribution in [1.29, 1.82) is 0 Å². The summed E-state index contributed by atoms with van der Waals surface area (Å²) in [6.45, 7) is 14.0. The molecule has 6 nitrogen and oxygen atoms in total. The highest BCUT2D eigenvalue weighted by molar-refractivity contribution is 7.15. The molecule has 0 aromatic carbocycles. The molecule has 2 aliphatic rings. The van der Waals surface area contributed by atoms with E-state index in [0.717, 1.165) is 59.0 Å². The first kappa shape index (κ1) is 19.9. The molecule has 0 radical (unpaired) electrons. The van der Waals surface area contributed by atoms with Crippen LogP contribution in [0.5, 0.6) is 0 Å². The number of ether oxygens (including phenoxy) is 1. The van der Waals surface area contributed by atoms with Crippen molar-refractivity contribution in [3.63, 3.8) is 0 Å². The molecule has 0 aliphatic carbocycles. The average molecular weight is 376 g/mol. The molecule has 3 rings (SSSR count). The smallest absolute Gasteiger partial charge is 0.180 e. The number of anilines is 1. The molecule has 1 aromatic rings. The Morgan fingerprint density at radius 1 is 1.25 bits per heavy atom. The standard InChI is InChI=1S/C16H29N5OS.ClH/c1-13(2)21-7-8-22-14(11-21)10-19-3-5-20(6-4-19)12-15-9-18-16(17)23-15;/h9,13-14H,3-8,10-12H2,1-2H3,(H2,17,18);1H. The normalized spacial score (nSPS) is 24.2. The van der Waals surface area contributed by atoms with Gasteiger partial charge in [-0.25, -0.2) is 4.98 Å². The zero-order chi connectivity index (χ0) is 16.2. The molecule has 1 atom stereocenters. The maximum atomic E-state index is 5.97. The lowest BCUT2D eigenvalue weighted by atomic mass is 10.2. The monoisotopic (exact) mass is 375 g/mol. The van der Waals surface area contributed by atoms with E-state index >= 15 is 0 Å². The first-order valence-electron chi connectivity index (χ1n) is 8.60. The molecule has 1 unspecified atom stereocenters. The molecule has 2 aliphatic heterocycles. The number of nitrogen functional groups attached to an aromatic ring is 1. The molecule has 138 valence electrons. The molecule has 1 aromatic heterocycles. The topological polar surface area (TPSA) is 57.9 Å². The number of halogens is 1. The summed E-state index contributed by atoms with van der Waals surface area (Å²) >= 11 is 1.60. The van der Waals surface area contributed by atoms with Crippen LogP contribution in [0.2, 0.25) is 0 Å². The van der Waals surface area contributed by atoms with Crippen molar-refractivity contribution in [2.75, 3.05) is 58.2 Å². The highest BCUT2D eigenvalue weighted by Gasteiger charge is 2.26. The number of thiazole rings is 1. The quantitative estimate of drug-likeness (QED) is 0.838. The highest BCUT2D eigenvalue weighted by Crippen LogP contribution is 2.18. The Kier molecular flexibility index (Phi) is 7.71. The molecular weight excluding hydrogens is 346 g/mol. The van der Waals surface area contributed by atoms with Crippen LogP contribution in [0.15, 0.2) is 6.20 Å². The Balaban J connectivity index is 0.00000208. The van der Waals surface area contributed by atoms with Gasteiger partial charge < -0.3 is 10.5 Å². The third kappa shape index (κ3) is 5.54. The number of hydrogen-bond acceptors (Lipinski definition) is 7. The Morgan fingerprint density at radius 3 is 2.58 bits per heavy atom. The van der Waals surface area contributed by atoms with Crippen LogP contribution in [0.25, 0.3) is 0 Å². The maximum absolute atomic E-state index is 5.97. The minimum Gasteiger partial charge on any atom is -0.375 e. The van der Waals surface area contributed by atoms with Gasteiger partial charge in [0.15, 0.2) is 5.13 Å². The van der Waals surface area contributed by atoms with Crippen molar-refractivity contribution in [3.05, 3.63) is 11.1 Å². The number of morpholine rings is 1. The van der Waals surface area contributed by atoms with Gasteiger partial charge in [-0.3, -0.25) is 14.7 Å². The lowest BCUT2D eigenvalue weighted by Gasteiger charge is -2.40. The van der Waals surface area contributed by atoms with Crippen LogP contribution in [0.4, 0.5) is 5.13 Å². The molecule has 0 saturated carbocycles. The Bertz CT molecular complexity index is 493. The van der Waals surface area contributed by atoms with Gasteiger partial charge in [0, 0.05) is 69.5 Å². The van der Waals surface area contributed by atoms with Gasteiger partial charge in [0.2, 0.25) is 0 Å². The van der Waals surface area contributed by atoms with Gasteiger partial charge >= 0.3 is 0 Å². The molecule has 8 heteroatoms. The molecular formula is C16H30ClN5OS. The first-order chi connectivity index (χ1) is 11.1. The number of aromatic nitrogens is 1. The second-order valence-electron chi connectivity index (χ2n) is 6.82. The molecule has 0 spiro atoms. The van der Waals surface area contributed by atoms with Crippen molar-refractivity contribution in [2.24, 2.45) is 0 Å². The number of piperazine rings is 1. The summed E-state index contributed by atoms with van der Waals surface area (Å²) in [6.07, 6.45) is 2.27. The van der Waals surface area contributed by atoms with Crippen LogP contribution >= 0.6 is 23.7 Å². The van der Waals surface area contributed by atoms with Gasteiger partial charge in [0.05, 0.1) is 12.7 Å². The van der Waals surface area contributed by atoms with E-state index in [1.165, 1.54) is 4.88 Å². The second kappa shape index (κ2) is 9.31. The van der Waals surface area contributed by atoms with Crippen LogP contribution in [0.1, 0.15) is 18.7 Å². The van der Waals surface area contributed by atoms with E-state index in [4.69, 9.17) is 10.5 Å². The lowest BCUT2D eigenvalue weighted by molar-refractivity contribution is -0.0565. The van der Waals surface area contributed by atoms with Crippen LogP contribution in [-0.2, 0) is 11.3 Å². The summed E-state index contributed by atoms with van der Waals surface area (Å²) in [4.78, 5) is 13.0. The molecule has 0 amide bonds. The van der Waals surface area contributed by atoms with E-state index in [-0.39, 0.29) is 12.4 Å². The van der Waals surface area contributed by atoms with E-state index < -0.39 is 0 Å². The maximum Gasteiger partial charge on any atom is 0.180 e. The van der Waals surface area contributed by atoms with Crippen LogP contribution in [-0.4, -0.2) is 84.2 Å². The van der Waals surface area contributed by atoms with Crippen molar-refractivity contribution < 1.29 is 4.74 Å². The van der Waals surface area contributed by atoms with E-state index in [1.807, 2.05) is 6.20 Å². The number of rotatable bonds is 5. The second-order valence-corrected chi connectivity index (χ2v) is 7.97. The predicted molar refractivity (Wildman–Crippen MR) is 102 cm³/mol. The summed E-state index contributed by atoms with van der Waals surface area (Å²) in [7, 11) is 0. The molecule has 0 bridgehead atoms. The molecule has 2 fully saturated rings. The summed E-state index contributed by atoms with van der Waals surface area (Å²) in [6, 6.07) is 0.616. The average Bonchev–Trinajstić information content (AvgIpc) is 2.94. The lowest BCUT2D eigenvalue weighted by Crippen LogP contribution is -2.53. The van der Waals surface area contributed by atoms with E-state index in [1.54, 1.807) is 11.3 Å². The first-order valence-corrected chi connectivity index (χ1v) is 9.42. The zero-order valence-electron chi connectivity index (χ0n) is 14.7. The Morgan fingerprint density at radius 2 is 1.96 bits per heavy atom. The third-order valence-corrected chi connectivity index (χ3v) is 5.59. The van der Waals surface area contributed by atoms with Crippen molar-refractivity contribution in [2.45, 2.75) is 32.5 Å². The molecule has 2 saturated heterocycles. The fraction of sp³-hybridized carbons (Fsp3) is 0.812. The minimum absolute atomic E-state index is 0. The van der Waals surface area contributed by atoms with Crippen molar-refractivity contribution in [3.8, 4) is 0 Å². The van der Waals surface area contributed by atoms with Crippen LogP contribution < -0.4 is 5.73 Å². The number of nitrogens with zero attached hydrogens (tertiary/aromatic N) is 4. The van der Waals surface area contributed by atoms with Crippen LogP contribution in [0.3, 0.4) is 0 Å². The number of hydrogen-bond donors (Lipinski definition) is 1. The van der Waals surface area contributed by atoms with Gasteiger partial charge in [-0.15, -0.1) is 23.7 Å². The van der Waals surface area contributed by atoms with E-state index in [0.29, 0.717) is 17.3 Å². The van der Waals surface area contributed by atoms with Gasteiger partial charge in [-0.05, 0) is 13.8 Å². The van der Waals surface area contributed by atoms with Crippen LogP contribution in [0, 0.1) is 0 Å². The summed E-state index contributed by atoms with van der Waals surface area (Å²) < 4.78 is 5.97. The Labute approximate surface area is 155 Å². The van der Waals surface area contributed by atoms with Crippen molar-refractivity contribution >= 4 is 28.9 Å². The van der Waals surface area contributed by atoms with Crippen molar-refractivity contribution in [1.82, 2.24) is 19.7 Å². The predicted octanol–water partition coefficient (Wildman–Crippen LogP) is 1.37. The Hall–Kier alpha value is -0.440. The molecule has 24 heavy (non-hydrogen) atoms. The van der Waals surface area contributed by atoms with E-state index in [9.17, 15) is 0 Å². The van der Waals surface area contributed by atoms with Gasteiger partial charge in [-0.1, -0.05) is 0 Å². The zero-order valence-corrected chi connectivity index (χ0v) is 16.3. The summed E-state index contributed by atoms with van der Waals surface area (Å²) in [5, 5.41) is 0.669. The van der Waals surface area contributed by atoms with Gasteiger partial charge in [0.1, 0.15) is 0 Å². The summed E-state index contributed by atoms with van der Waals surface area (Å²) in [5.41, 5.74) is 5.71. The fourth-order valence-corrected chi connectivity index (χ4v) is 4.08. The SMILES string of the molecule is CC(C)N1CCOC(CN2CCN(Cc3cnc(N)s3)CC2)C1.Cl. The summed E-state index contributed by atoms with van der Waals surface area (Å²) in [5.74, 6) is 0. The highest BCUT2D eigenvalue weighted by atomic mass is 35.5. The molecule has 3 heterocycles. The molecule has 2 N–H and O–H groups in total. The number of nitrogens with two attached hydrogens (primary N) is 1. The minimum atomic E-state index is 0.